The van der Waals surface area contributed by atoms with E-state index < -0.39 is 0 Å². The van der Waals surface area contributed by atoms with Gasteiger partial charge in [-0.15, -0.1) is 0 Å². The number of amides is 1. The zero-order valence-electron chi connectivity index (χ0n) is 12.2. The molecule has 7 heteroatoms. The Morgan fingerprint density at radius 2 is 2.05 bits per heavy atom. The van der Waals surface area contributed by atoms with Crippen LogP contribution in [0.1, 0.15) is 17.3 Å². The molecule has 0 spiro atoms. The second-order valence-corrected chi connectivity index (χ2v) is 5.64. The fourth-order valence-electron chi connectivity index (χ4n) is 1.93. The number of hydrogen-bond acceptors (Lipinski definition) is 4. The number of ether oxygens (including phenoxy) is 1. The zero-order valence-corrected chi connectivity index (χ0v) is 13.7. The summed E-state index contributed by atoms with van der Waals surface area (Å²) in [5.41, 5.74) is 0.485. The molecule has 2 rings (SSSR count). The maximum Gasteiger partial charge on any atom is 0.255 e. The van der Waals surface area contributed by atoms with Crippen LogP contribution in [-0.4, -0.2) is 40.7 Å². The lowest BCUT2D eigenvalue weighted by molar-refractivity contribution is 0.0726. The standard InChI is InChI=1S/C15H15Cl2N3O2/c1-10(22-12-3-4-13(16)14(17)7-12)9-20(2)15(21)11-5-6-18-19-8-11/h3-8,10H,9H2,1-2H3. The van der Waals surface area contributed by atoms with Gasteiger partial charge in [0.2, 0.25) is 0 Å². The summed E-state index contributed by atoms with van der Waals surface area (Å²) in [5, 5.41) is 8.25. The van der Waals surface area contributed by atoms with Crippen molar-refractivity contribution in [3.8, 4) is 5.75 Å². The molecule has 0 fully saturated rings. The quantitative estimate of drug-likeness (QED) is 0.838. The van der Waals surface area contributed by atoms with Crippen LogP contribution in [0.5, 0.6) is 5.75 Å². The lowest BCUT2D eigenvalue weighted by Gasteiger charge is -2.22. The molecule has 0 aliphatic rings. The highest BCUT2D eigenvalue weighted by atomic mass is 35.5. The number of rotatable bonds is 5. The second-order valence-electron chi connectivity index (χ2n) is 4.82. The largest absolute Gasteiger partial charge is 0.489 e. The Kier molecular flexibility index (Phi) is 5.57. The van der Waals surface area contributed by atoms with E-state index in [-0.39, 0.29) is 12.0 Å². The third-order valence-electron chi connectivity index (χ3n) is 2.94. The van der Waals surface area contributed by atoms with Gasteiger partial charge in [-0.3, -0.25) is 4.79 Å². The van der Waals surface area contributed by atoms with Crippen molar-refractivity contribution >= 4 is 29.1 Å². The lowest BCUT2D eigenvalue weighted by Crippen LogP contribution is -2.35. The topological polar surface area (TPSA) is 55.3 Å². The van der Waals surface area contributed by atoms with Crippen LogP contribution in [-0.2, 0) is 0 Å². The van der Waals surface area contributed by atoms with E-state index in [0.29, 0.717) is 27.9 Å². The Bertz CT molecular complexity index is 652. The van der Waals surface area contributed by atoms with Crippen molar-refractivity contribution in [2.45, 2.75) is 13.0 Å². The lowest BCUT2D eigenvalue weighted by atomic mass is 10.2. The van der Waals surface area contributed by atoms with Crippen LogP contribution in [0.4, 0.5) is 0 Å². The Labute approximate surface area is 138 Å². The van der Waals surface area contributed by atoms with E-state index >= 15 is 0 Å². The molecule has 1 atom stereocenters. The van der Waals surface area contributed by atoms with Crippen LogP contribution in [0.2, 0.25) is 10.0 Å². The van der Waals surface area contributed by atoms with E-state index in [1.54, 1.807) is 36.2 Å². The molecule has 1 amide bonds. The number of carbonyl (C=O) groups is 1. The SMILES string of the molecule is CC(CN(C)C(=O)c1ccnnc1)Oc1ccc(Cl)c(Cl)c1. The van der Waals surface area contributed by atoms with Gasteiger partial charge >= 0.3 is 0 Å². The summed E-state index contributed by atoms with van der Waals surface area (Å²) in [6.07, 6.45) is 2.71. The van der Waals surface area contributed by atoms with Crippen molar-refractivity contribution < 1.29 is 9.53 Å². The minimum atomic E-state index is -0.207. The number of benzene rings is 1. The average molecular weight is 340 g/mol. The van der Waals surface area contributed by atoms with Gasteiger partial charge in [-0.05, 0) is 25.1 Å². The predicted octanol–water partition coefficient (Wildman–Crippen LogP) is 3.32. The molecule has 0 radical (unpaired) electrons. The molecule has 1 heterocycles. The van der Waals surface area contributed by atoms with Gasteiger partial charge in [0, 0.05) is 13.1 Å². The van der Waals surface area contributed by atoms with Gasteiger partial charge in [0.15, 0.2) is 0 Å². The van der Waals surface area contributed by atoms with Crippen molar-refractivity contribution in [2.75, 3.05) is 13.6 Å². The van der Waals surface area contributed by atoms with Gasteiger partial charge in [0.05, 0.1) is 34.5 Å². The minimum Gasteiger partial charge on any atom is -0.489 e. The molecular formula is C15H15Cl2N3O2. The molecule has 0 bridgehead atoms. The Morgan fingerprint density at radius 3 is 2.68 bits per heavy atom. The fraction of sp³-hybridized carbons (Fsp3) is 0.267. The summed E-state index contributed by atoms with van der Waals surface area (Å²) in [6.45, 7) is 2.29. The first kappa shape index (κ1) is 16.5. The Morgan fingerprint density at radius 1 is 1.27 bits per heavy atom. The number of likely N-dealkylation sites (N-methyl/N-ethyl adjacent to an activating group) is 1. The summed E-state index contributed by atoms with van der Waals surface area (Å²) in [5.74, 6) is 0.466. The predicted molar refractivity (Wildman–Crippen MR) is 85.5 cm³/mol. The number of hydrogen-bond donors (Lipinski definition) is 0. The molecule has 0 aliphatic heterocycles. The molecule has 1 aromatic carbocycles. The molecule has 5 nitrogen and oxygen atoms in total. The molecular weight excluding hydrogens is 325 g/mol. The van der Waals surface area contributed by atoms with E-state index in [1.807, 2.05) is 6.92 Å². The van der Waals surface area contributed by atoms with E-state index in [9.17, 15) is 4.79 Å². The van der Waals surface area contributed by atoms with Crippen molar-refractivity contribution in [2.24, 2.45) is 0 Å². The molecule has 0 saturated heterocycles. The smallest absolute Gasteiger partial charge is 0.255 e. The first-order valence-corrected chi connectivity index (χ1v) is 7.37. The zero-order chi connectivity index (χ0) is 16.1. The number of halogens is 2. The van der Waals surface area contributed by atoms with Crippen molar-refractivity contribution in [3.63, 3.8) is 0 Å². The van der Waals surface area contributed by atoms with Crippen LogP contribution >= 0.6 is 23.2 Å². The van der Waals surface area contributed by atoms with E-state index in [4.69, 9.17) is 27.9 Å². The number of nitrogens with zero attached hydrogens (tertiary/aromatic N) is 3. The van der Waals surface area contributed by atoms with Crippen molar-refractivity contribution in [1.82, 2.24) is 15.1 Å². The van der Waals surface area contributed by atoms with Crippen LogP contribution in [0, 0.1) is 0 Å². The summed E-state index contributed by atoms with van der Waals surface area (Å²) in [6, 6.07) is 6.67. The summed E-state index contributed by atoms with van der Waals surface area (Å²) >= 11 is 11.8. The van der Waals surface area contributed by atoms with Crippen LogP contribution in [0.15, 0.2) is 36.7 Å². The average Bonchev–Trinajstić information content (AvgIpc) is 2.51. The first-order chi connectivity index (χ1) is 10.5. The minimum absolute atomic E-state index is 0.139. The number of aromatic nitrogens is 2. The fourth-order valence-corrected chi connectivity index (χ4v) is 2.21. The summed E-state index contributed by atoms with van der Waals surface area (Å²) in [7, 11) is 1.71. The van der Waals surface area contributed by atoms with Crippen LogP contribution in [0.3, 0.4) is 0 Å². The normalized spacial score (nSPS) is 11.8. The van der Waals surface area contributed by atoms with Gasteiger partial charge in [-0.25, -0.2) is 0 Å². The van der Waals surface area contributed by atoms with Gasteiger partial charge in [-0.1, -0.05) is 23.2 Å². The molecule has 1 unspecified atom stereocenters. The maximum absolute atomic E-state index is 12.2. The van der Waals surface area contributed by atoms with Crippen LogP contribution in [0.25, 0.3) is 0 Å². The third kappa shape index (κ3) is 4.32. The third-order valence-corrected chi connectivity index (χ3v) is 3.68. The molecule has 0 saturated carbocycles. The van der Waals surface area contributed by atoms with E-state index in [0.717, 1.165) is 0 Å². The first-order valence-electron chi connectivity index (χ1n) is 6.61. The second kappa shape index (κ2) is 7.42. The Balaban J connectivity index is 1.95. The van der Waals surface area contributed by atoms with Crippen molar-refractivity contribution in [1.29, 1.82) is 0 Å². The van der Waals surface area contributed by atoms with Crippen LogP contribution < -0.4 is 4.74 Å². The molecule has 0 N–H and O–H groups in total. The molecule has 22 heavy (non-hydrogen) atoms. The highest BCUT2D eigenvalue weighted by Gasteiger charge is 2.16. The summed E-state index contributed by atoms with van der Waals surface area (Å²) < 4.78 is 5.74. The van der Waals surface area contributed by atoms with E-state index in [2.05, 4.69) is 10.2 Å². The molecule has 0 aliphatic carbocycles. The molecule has 2 aromatic rings. The monoisotopic (exact) mass is 339 g/mol. The van der Waals surface area contributed by atoms with Crippen molar-refractivity contribution in [3.05, 3.63) is 52.3 Å². The summed E-state index contributed by atoms with van der Waals surface area (Å²) in [4.78, 5) is 13.8. The van der Waals surface area contributed by atoms with Gasteiger partial charge < -0.3 is 9.64 Å². The Hall–Kier alpha value is -1.85. The highest BCUT2D eigenvalue weighted by molar-refractivity contribution is 6.42. The molecule has 1 aromatic heterocycles. The van der Waals surface area contributed by atoms with Gasteiger partial charge in [0.1, 0.15) is 11.9 Å². The molecule has 116 valence electrons. The van der Waals surface area contributed by atoms with Gasteiger partial charge in [-0.2, -0.15) is 10.2 Å². The maximum atomic E-state index is 12.2. The number of carbonyl (C=O) groups excluding carboxylic acids is 1. The highest BCUT2D eigenvalue weighted by Crippen LogP contribution is 2.26. The van der Waals surface area contributed by atoms with Gasteiger partial charge in [0.25, 0.3) is 5.91 Å². The van der Waals surface area contributed by atoms with E-state index in [1.165, 1.54) is 12.4 Å².